The summed E-state index contributed by atoms with van der Waals surface area (Å²) < 4.78 is 36.8. The summed E-state index contributed by atoms with van der Waals surface area (Å²) in [6.45, 7) is 21.9. The van der Waals surface area contributed by atoms with Crippen LogP contribution in [0.1, 0.15) is 124 Å². The molecule has 0 saturated heterocycles. The number of rotatable bonds is 4. The summed E-state index contributed by atoms with van der Waals surface area (Å²) in [5.74, 6) is 2.26. The maximum Gasteiger partial charge on any atom is 0.416 e. The SMILES string of the molecule is CC(C)c1cc(C(F)(F)F)ccc1O.Cc1ccc(C(C)C)c(O)c1.Cc1cccc(C(C)C)c1O.Cc1cccc(O)c1C(C)C. The second-order valence-electron chi connectivity index (χ2n) is 13.0. The summed E-state index contributed by atoms with van der Waals surface area (Å²) >= 11 is 0. The molecule has 4 nitrogen and oxygen atoms in total. The summed E-state index contributed by atoms with van der Waals surface area (Å²) in [5, 5.41) is 37.8. The molecule has 0 aliphatic carbocycles. The fourth-order valence-corrected chi connectivity index (χ4v) is 4.90. The normalized spacial score (nSPS) is 11.0. The molecule has 0 aliphatic rings. The molecule has 4 N–H and O–H groups in total. The first kappa shape index (κ1) is 40.9. The van der Waals surface area contributed by atoms with E-state index >= 15 is 0 Å². The molecule has 0 bridgehead atoms. The van der Waals surface area contributed by atoms with E-state index in [1.165, 1.54) is 5.56 Å². The molecule has 4 aromatic carbocycles. The number of aromatic hydroxyl groups is 4. The van der Waals surface area contributed by atoms with Gasteiger partial charge < -0.3 is 20.4 Å². The van der Waals surface area contributed by atoms with Gasteiger partial charge in [-0.3, -0.25) is 0 Å². The minimum atomic E-state index is -4.35. The molecule has 4 aromatic rings. The van der Waals surface area contributed by atoms with Crippen molar-refractivity contribution in [1.82, 2.24) is 0 Å². The lowest BCUT2D eigenvalue weighted by molar-refractivity contribution is -0.137. The fourth-order valence-electron chi connectivity index (χ4n) is 4.90. The van der Waals surface area contributed by atoms with E-state index in [4.69, 9.17) is 0 Å². The molecule has 0 fully saturated rings. The number of benzene rings is 4. The average molecular weight is 655 g/mol. The van der Waals surface area contributed by atoms with Gasteiger partial charge in [-0.1, -0.05) is 97.9 Å². The molecule has 258 valence electrons. The highest BCUT2D eigenvalue weighted by Crippen LogP contribution is 2.35. The van der Waals surface area contributed by atoms with E-state index in [1.807, 2.05) is 63.2 Å². The molecule has 0 heterocycles. The molecule has 47 heavy (non-hydrogen) atoms. The number of phenols is 4. The molecule has 7 heteroatoms. The minimum Gasteiger partial charge on any atom is -0.508 e. The molecule has 0 aliphatic heterocycles. The molecule has 0 saturated carbocycles. The van der Waals surface area contributed by atoms with E-state index in [-0.39, 0.29) is 11.7 Å². The number of alkyl halides is 3. The van der Waals surface area contributed by atoms with Crippen molar-refractivity contribution in [3.8, 4) is 23.0 Å². The van der Waals surface area contributed by atoms with Gasteiger partial charge in [0.15, 0.2) is 0 Å². The van der Waals surface area contributed by atoms with Gasteiger partial charge in [0.25, 0.3) is 0 Å². The zero-order valence-corrected chi connectivity index (χ0v) is 29.7. The summed E-state index contributed by atoms with van der Waals surface area (Å²) in [6, 6.07) is 20.2. The van der Waals surface area contributed by atoms with Crippen LogP contribution >= 0.6 is 0 Å². The highest BCUT2D eigenvalue weighted by molar-refractivity contribution is 5.42. The van der Waals surface area contributed by atoms with Gasteiger partial charge in [0.2, 0.25) is 0 Å². The summed E-state index contributed by atoms with van der Waals surface area (Å²) in [6.07, 6.45) is -4.35. The van der Waals surface area contributed by atoms with Crippen LogP contribution in [0.5, 0.6) is 23.0 Å². The molecule has 4 rings (SSSR count). The molecule has 0 unspecified atom stereocenters. The van der Waals surface area contributed by atoms with E-state index in [0.717, 1.165) is 46.0 Å². The number of halogens is 3. The van der Waals surface area contributed by atoms with Crippen LogP contribution in [-0.4, -0.2) is 20.4 Å². The first-order valence-electron chi connectivity index (χ1n) is 15.9. The van der Waals surface area contributed by atoms with Crippen LogP contribution in [0.2, 0.25) is 0 Å². The lowest BCUT2D eigenvalue weighted by atomic mass is 9.97. The Morgan fingerprint density at radius 3 is 1.45 bits per heavy atom. The standard InChI is InChI=1S/C10H11F3O.3C10H14O/c1-6(2)8-5-7(10(11,12)13)3-4-9(8)14;1-7(2)9-5-4-8(3)6-10(9)11;1-7(2)10-8(3)5-4-6-9(10)11;1-7(2)9-6-4-5-8(3)10(9)11/h3-6,14H,1-2H3;3*4-7,11H,1-3H3. The number of aryl methyl sites for hydroxylation is 3. The van der Waals surface area contributed by atoms with Crippen molar-refractivity contribution < 1.29 is 33.6 Å². The quantitative estimate of drug-likeness (QED) is 0.176. The van der Waals surface area contributed by atoms with Crippen molar-refractivity contribution >= 4 is 0 Å². The molecule has 0 spiro atoms. The zero-order chi connectivity index (χ0) is 36.2. The smallest absolute Gasteiger partial charge is 0.416 e. The van der Waals surface area contributed by atoms with Gasteiger partial charge in [-0.05, 0) is 114 Å². The van der Waals surface area contributed by atoms with Gasteiger partial charge >= 0.3 is 6.18 Å². The predicted molar refractivity (Wildman–Crippen MR) is 188 cm³/mol. The predicted octanol–water partition coefficient (Wildman–Crippen LogP) is 12.0. The molecule has 0 amide bonds. The monoisotopic (exact) mass is 654 g/mol. The van der Waals surface area contributed by atoms with Crippen LogP contribution in [0, 0.1) is 20.8 Å². The van der Waals surface area contributed by atoms with Gasteiger partial charge in [-0.2, -0.15) is 13.2 Å². The Morgan fingerprint density at radius 1 is 0.489 bits per heavy atom. The third-order valence-electron chi connectivity index (χ3n) is 7.55. The van der Waals surface area contributed by atoms with Crippen LogP contribution in [0.3, 0.4) is 0 Å². The number of para-hydroxylation sites is 1. The van der Waals surface area contributed by atoms with Gasteiger partial charge in [-0.15, -0.1) is 0 Å². The van der Waals surface area contributed by atoms with Gasteiger partial charge in [0.05, 0.1) is 5.56 Å². The number of phenolic OH excluding ortho intramolecular Hbond substituents is 4. The van der Waals surface area contributed by atoms with E-state index in [2.05, 4.69) is 41.5 Å². The highest BCUT2D eigenvalue weighted by Gasteiger charge is 2.31. The molecule has 0 atom stereocenters. The fraction of sp³-hybridized carbons (Fsp3) is 0.400. The Kier molecular flexibility index (Phi) is 15.9. The Hall–Kier alpha value is -4.13. The van der Waals surface area contributed by atoms with Crippen LogP contribution < -0.4 is 0 Å². The Bertz CT molecular complexity index is 1530. The van der Waals surface area contributed by atoms with Crippen LogP contribution in [0.4, 0.5) is 13.2 Å². The number of hydrogen-bond donors (Lipinski definition) is 4. The second-order valence-corrected chi connectivity index (χ2v) is 13.0. The lowest BCUT2D eigenvalue weighted by Gasteiger charge is -2.12. The van der Waals surface area contributed by atoms with Gasteiger partial charge in [0.1, 0.15) is 23.0 Å². The maximum absolute atomic E-state index is 12.3. The van der Waals surface area contributed by atoms with Crippen molar-refractivity contribution in [1.29, 1.82) is 0 Å². The largest absolute Gasteiger partial charge is 0.508 e. The summed E-state index contributed by atoms with van der Waals surface area (Å²) in [4.78, 5) is 0. The van der Waals surface area contributed by atoms with E-state index in [9.17, 15) is 33.6 Å². The summed E-state index contributed by atoms with van der Waals surface area (Å²) in [7, 11) is 0. The zero-order valence-electron chi connectivity index (χ0n) is 29.7. The molecular formula is C40H53F3O4. The Morgan fingerprint density at radius 2 is 1.02 bits per heavy atom. The highest BCUT2D eigenvalue weighted by atomic mass is 19.4. The van der Waals surface area contributed by atoms with E-state index in [1.54, 1.807) is 26.0 Å². The first-order valence-corrected chi connectivity index (χ1v) is 15.9. The van der Waals surface area contributed by atoms with Crippen molar-refractivity contribution in [3.63, 3.8) is 0 Å². The van der Waals surface area contributed by atoms with Crippen LogP contribution in [-0.2, 0) is 6.18 Å². The summed E-state index contributed by atoms with van der Waals surface area (Å²) in [5.41, 5.74) is 5.94. The number of hydrogen-bond acceptors (Lipinski definition) is 4. The van der Waals surface area contributed by atoms with Crippen molar-refractivity contribution in [2.24, 2.45) is 0 Å². The second kappa shape index (κ2) is 18.3. The van der Waals surface area contributed by atoms with Gasteiger partial charge in [-0.25, -0.2) is 0 Å². The van der Waals surface area contributed by atoms with Crippen LogP contribution in [0.15, 0.2) is 72.8 Å². The van der Waals surface area contributed by atoms with E-state index < -0.39 is 11.7 Å². The van der Waals surface area contributed by atoms with Gasteiger partial charge in [0, 0.05) is 0 Å². The van der Waals surface area contributed by atoms with Crippen molar-refractivity contribution in [2.75, 3.05) is 0 Å². The average Bonchev–Trinajstić information content (AvgIpc) is 2.94. The minimum absolute atomic E-state index is 0.0898. The molecular weight excluding hydrogens is 601 g/mol. The Labute approximate surface area is 279 Å². The topological polar surface area (TPSA) is 80.9 Å². The third-order valence-corrected chi connectivity index (χ3v) is 7.55. The lowest BCUT2D eigenvalue weighted by Crippen LogP contribution is -2.05. The van der Waals surface area contributed by atoms with Crippen molar-refractivity contribution in [3.05, 3.63) is 117 Å². The molecule has 0 radical (unpaired) electrons. The van der Waals surface area contributed by atoms with Crippen LogP contribution in [0.25, 0.3) is 0 Å². The van der Waals surface area contributed by atoms with E-state index in [0.29, 0.717) is 40.6 Å². The maximum atomic E-state index is 12.3. The molecule has 0 aromatic heterocycles. The van der Waals surface area contributed by atoms with Crippen molar-refractivity contribution in [2.45, 2.75) is 106 Å². The Balaban J connectivity index is 0.000000315. The first-order chi connectivity index (χ1) is 21.7. The third kappa shape index (κ3) is 12.9.